The van der Waals surface area contributed by atoms with Crippen LogP contribution in [-0.4, -0.2) is 34.1 Å². The Labute approximate surface area is 178 Å². The Morgan fingerprint density at radius 1 is 0.968 bits per heavy atom. The van der Waals surface area contributed by atoms with Gasteiger partial charge in [0.2, 0.25) is 17.6 Å². The van der Waals surface area contributed by atoms with Crippen LogP contribution in [0.1, 0.15) is 35.9 Å². The maximum absolute atomic E-state index is 12.8. The van der Waals surface area contributed by atoms with E-state index in [0.717, 1.165) is 10.2 Å². The van der Waals surface area contributed by atoms with Gasteiger partial charge in [0.05, 0.1) is 17.5 Å². The van der Waals surface area contributed by atoms with Crippen LogP contribution in [0.4, 0.5) is 0 Å². The molecule has 1 aromatic heterocycles. The summed E-state index contributed by atoms with van der Waals surface area (Å²) < 4.78 is 5.72. The van der Waals surface area contributed by atoms with Crippen molar-refractivity contribution in [1.29, 1.82) is 0 Å². The van der Waals surface area contributed by atoms with Crippen LogP contribution < -0.4 is 16.3 Å². The van der Waals surface area contributed by atoms with E-state index < -0.39 is 17.4 Å². The van der Waals surface area contributed by atoms with Crippen LogP contribution in [0.15, 0.2) is 59.4 Å². The van der Waals surface area contributed by atoms with Gasteiger partial charge in [-0.1, -0.05) is 42.5 Å². The summed E-state index contributed by atoms with van der Waals surface area (Å²) in [6, 6.07) is 15.8. The molecule has 0 bridgehead atoms. The maximum Gasteiger partial charge on any atom is 0.376 e. The zero-order valence-corrected chi connectivity index (χ0v) is 17.0. The van der Waals surface area contributed by atoms with E-state index in [0.29, 0.717) is 12.1 Å². The van der Waals surface area contributed by atoms with E-state index in [1.807, 2.05) is 30.3 Å². The Balaban J connectivity index is 1.69. The van der Waals surface area contributed by atoms with Gasteiger partial charge in [-0.2, -0.15) is 4.68 Å². The van der Waals surface area contributed by atoms with Gasteiger partial charge in [-0.3, -0.25) is 19.8 Å². The lowest BCUT2D eigenvalue weighted by Crippen LogP contribution is -2.38. The number of ether oxygens (including phenoxy) is 1. The average molecular weight is 422 g/mol. The molecule has 0 atom stereocenters. The van der Waals surface area contributed by atoms with Crippen molar-refractivity contribution in [3.8, 4) is 0 Å². The monoisotopic (exact) mass is 422 g/mol. The highest BCUT2D eigenvalue weighted by Crippen LogP contribution is 2.08. The third-order valence-electron chi connectivity index (χ3n) is 4.38. The molecule has 0 aliphatic carbocycles. The number of nitrogens with zero attached hydrogens (tertiary/aromatic N) is 2. The van der Waals surface area contributed by atoms with E-state index in [1.165, 1.54) is 0 Å². The molecule has 0 radical (unpaired) electrons. The summed E-state index contributed by atoms with van der Waals surface area (Å²) >= 11 is 0. The molecule has 2 aromatic carbocycles. The molecule has 160 valence electrons. The smallest absolute Gasteiger partial charge is 0.376 e. The van der Waals surface area contributed by atoms with Crippen molar-refractivity contribution in [2.75, 3.05) is 12.0 Å². The van der Waals surface area contributed by atoms with E-state index in [2.05, 4.69) is 15.7 Å². The fourth-order valence-corrected chi connectivity index (χ4v) is 2.86. The molecular formula is C22H22N4O5. The third-order valence-corrected chi connectivity index (χ3v) is 4.38. The Morgan fingerprint density at radius 2 is 1.65 bits per heavy atom. The molecule has 3 aromatic rings. The molecule has 3 rings (SSSR count). The van der Waals surface area contributed by atoms with Crippen molar-refractivity contribution in [3.05, 3.63) is 76.3 Å². The van der Waals surface area contributed by atoms with Crippen LogP contribution in [0.3, 0.4) is 0 Å². The second-order valence-electron chi connectivity index (χ2n) is 6.61. The minimum Gasteiger partial charge on any atom is -0.460 e. The molecule has 0 saturated carbocycles. The number of rotatable bonds is 8. The van der Waals surface area contributed by atoms with Gasteiger partial charge in [0, 0.05) is 19.4 Å². The molecule has 2 N–H and O–H groups in total. The number of amides is 2. The molecule has 0 unspecified atom stereocenters. The van der Waals surface area contributed by atoms with Crippen LogP contribution >= 0.6 is 0 Å². The first-order valence-electron chi connectivity index (χ1n) is 9.79. The lowest BCUT2D eigenvalue weighted by Gasteiger charge is -2.13. The first-order chi connectivity index (χ1) is 15.0. The fourth-order valence-electron chi connectivity index (χ4n) is 2.86. The van der Waals surface area contributed by atoms with Crippen LogP contribution in [0.5, 0.6) is 0 Å². The lowest BCUT2D eigenvalue weighted by atomic mass is 10.2. The number of fused-ring (bicyclic) bond motifs is 1. The molecule has 0 aliphatic rings. The number of hydrogen-bond donors (Lipinski definition) is 2. The number of aromatic nitrogens is 2. The molecular weight excluding hydrogens is 400 g/mol. The Morgan fingerprint density at radius 3 is 2.39 bits per heavy atom. The van der Waals surface area contributed by atoms with Crippen LogP contribution in [0, 0.1) is 0 Å². The lowest BCUT2D eigenvalue weighted by molar-refractivity contribution is -0.124. The normalized spacial score (nSPS) is 10.5. The standard InChI is InChI=1S/C22H22N4O5/c1-2-31-22(30)20-24-17-11-7-6-10-16(17)21(29)26(20)25-19(28)13-12-18(27)23-14-15-8-4-3-5-9-15/h3-11H,2,12-14H2,1H3,(H,23,27)(H,25,28). The summed E-state index contributed by atoms with van der Waals surface area (Å²) in [5.74, 6) is -2.10. The van der Waals surface area contributed by atoms with E-state index >= 15 is 0 Å². The first-order valence-corrected chi connectivity index (χ1v) is 9.79. The molecule has 31 heavy (non-hydrogen) atoms. The number of esters is 1. The molecule has 0 fully saturated rings. The van der Waals surface area contributed by atoms with Crippen molar-refractivity contribution in [2.45, 2.75) is 26.3 Å². The summed E-state index contributed by atoms with van der Waals surface area (Å²) in [6.07, 6.45) is -0.259. The second-order valence-corrected chi connectivity index (χ2v) is 6.61. The van der Waals surface area contributed by atoms with Gasteiger partial charge >= 0.3 is 5.97 Å². The van der Waals surface area contributed by atoms with Gasteiger partial charge in [-0.25, -0.2) is 9.78 Å². The van der Waals surface area contributed by atoms with E-state index in [4.69, 9.17) is 4.74 Å². The number of carbonyl (C=O) groups excluding carboxylic acids is 3. The first kappa shape index (κ1) is 21.7. The Bertz CT molecular complexity index is 1160. The fraction of sp³-hybridized carbons (Fsp3) is 0.227. The van der Waals surface area contributed by atoms with Crippen molar-refractivity contribution < 1.29 is 19.1 Å². The third kappa shape index (κ3) is 5.53. The minimum absolute atomic E-state index is 0.0802. The van der Waals surface area contributed by atoms with Gasteiger partial charge in [0.15, 0.2) is 0 Å². The van der Waals surface area contributed by atoms with Gasteiger partial charge in [0.1, 0.15) is 0 Å². The Kier molecular flexibility index (Phi) is 7.10. The average Bonchev–Trinajstić information content (AvgIpc) is 2.79. The van der Waals surface area contributed by atoms with Crippen molar-refractivity contribution in [2.24, 2.45) is 0 Å². The van der Waals surface area contributed by atoms with E-state index in [-0.39, 0.29) is 36.6 Å². The van der Waals surface area contributed by atoms with Gasteiger partial charge in [0.25, 0.3) is 5.56 Å². The second kappa shape index (κ2) is 10.1. The zero-order chi connectivity index (χ0) is 22.2. The number of benzene rings is 2. The molecule has 2 amide bonds. The molecule has 0 spiro atoms. The molecule has 0 saturated heterocycles. The zero-order valence-electron chi connectivity index (χ0n) is 17.0. The van der Waals surface area contributed by atoms with Crippen molar-refractivity contribution in [1.82, 2.24) is 15.0 Å². The number of nitrogens with one attached hydrogen (secondary N) is 2. The van der Waals surface area contributed by atoms with Gasteiger partial charge in [-0.05, 0) is 24.6 Å². The van der Waals surface area contributed by atoms with Gasteiger partial charge in [-0.15, -0.1) is 0 Å². The minimum atomic E-state index is -0.841. The quantitative estimate of drug-likeness (QED) is 0.534. The summed E-state index contributed by atoms with van der Waals surface area (Å²) in [4.78, 5) is 53.7. The predicted octanol–water partition coefficient (Wildman–Crippen LogP) is 1.74. The number of hydrogen-bond acceptors (Lipinski definition) is 6. The topological polar surface area (TPSA) is 119 Å². The summed E-state index contributed by atoms with van der Waals surface area (Å²) in [6.45, 7) is 2.05. The summed E-state index contributed by atoms with van der Waals surface area (Å²) in [5, 5.41) is 2.96. The van der Waals surface area contributed by atoms with Crippen LogP contribution in [-0.2, 0) is 20.9 Å². The van der Waals surface area contributed by atoms with Crippen LogP contribution in [0.2, 0.25) is 0 Å². The predicted molar refractivity (Wildman–Crippen MR) is 114 cm³/mol. The highest BCUT2D eigenvalue weighted by atomic mass is 16.5. The molecule has 0 aliphatic heterocycles. The van der Waals surface area contributed by atoms with Crippen LogP contribution in [0.25, 0.3) is 10.9 Å². The number of para-hydroxylation sites is 1. The van der Waals surface area contributed by atoms with Gasteiger partial charge < -0.3 is 10.1 Å². The van der Waals surface area contributed by atoms with E-state index in [9.17, 15) is 19.2 Å². The SMILES string of the molecule is CCOC(=O)c1nc2ccccc2c(=O)n1NC(=O)CCC(=O)NCc1ccccc1. The Hall–Kier alpha value is -4.01. The largest absolute Gasteiger partial charge is 0.460 e. The molecule has 9 heteroatoms. The van der Waals surface area contributed by atoms with E-state index in [1.54, 1.807) is 31.2 Å². The molecule has 9 nitrogen and oxygen atoms in total. The summed E-state index contributed by atoms with van der Waals surface area (Å²) in [5.41, 5.74) is 2.99. The van der Waals surface area contributed by atoms with Crippen molar-refractivity contribution in [3.63, 3.8) is 0 Å². The number of carbonyl (C=O) groups is 3. The van der Waals surface area contributed by atoms with Crippen molar-refractivity contribution >= 4 is 28.7 Å². The summed E-state index contributed by atoms with van der Waals surface area (Å²) in [7, 11) is 0. The molecule has 1 heterocycles. The maximum atomic E-state index is 12.8. The highest BCUT2D eigenvalue weighted by molar-refractivity contribution is 5.92. The highest BCUT2D eigenvalue weighted by Gasteiger charge is 2.20.